The van der Waals surface area contributed by atoms with Crippen molar-refractivity contribution in [3.8, 4) is 0 Å². The molecule has 0 aliphatic carbocycles. The van der Waals surface area contributed by atoms with Gasteiger partial charge in [-0.2, -0.15) is 0 Å². The monoisotopic (exact) mass is 322 g/mol. The van der Waals surface area contributed by atoms with E-state index in [1.165, 1.54) is 0 Å². The summed E-state index contributed by atoms with van der Waals surface area (Å²) in [6.07, 6.45) is 1.23. The van der Waals surface area contributed by atoms with Crippen molar-refractivity contribution >= 4 is 6.09 Å². The Morgan fingerprint density at radius 2 is 1.91 bits per heavy atom. The zero-order valence-electron chi connectivity index (χ0n) is 14.7. The minimum atomic E-state index is -0.470. The van der Waals surface area contributed by atoms with Crippen molar-refractivity contribution in [3.63, 3.8) is 0 Å². The second-order valence-corrected chi connectivity index (χ2v) is 6.72. The summed E-state index contributed by atoms with van der Waals surface area (Å²) in [6.45, 7) is 8.60. The Morgan fingerprint density at radius 3 is 2.52 bits per heavy atom. The molecule has 0 fully saturated rings. The highest BCUT2D eigenvalue weighted by Crippen LogP contribution is 2.16. The van der Waals surface area contributed by atoms with Crippen LogP contribution in [0.3, 0.4) is 0 Å². The Kier molecular flexibility index (Phi) is 8.06. The summed E-state index contributed by atoms with van der Waals surface area (Å²) >= 11 is 0. The van der Waals surface area contributed by atoms with Gasteiger partial charge < -0.3 is 20.5 Å². The maximum atomic E-state index is 11.5. The molecule has 130 valence electrons. The maximum absolute atomic E-state index is 11.5. The van der Waals surface area contributed by atoms with E-state index < -0.39 is 5.60 Å². The smallest absolute Gasteiger partial charge is 0.407 e. The Morgan fingerprint density at radius 1 is 1.26 bits per heavy atom. The van der Waals surface area contributed by atoms with Gasteiger partial charge >= 0.3 is 6.09 Å². The van der Waals surface area contributed by atoms with Crippen molar-refractivity contribution in [2.75, 3.05) is 13.2 Å². The van der Waals surface area contributed by atoms with Gasteiger partial charge in [0, 0.05) is 12.6 Å². The van der Waals surface area contributed by atoms with Gasteiger partial charge in [0.2, 0.25) is 0 Å². The van der Waals surface area contributed by atoms with Gasteiger partial charge in [0.15, 0.2) is 0 Å². The van der Waals surface area contributed by atoms with Crippen LogP contribution < -0.4 is 11.1 Å². The quantitative estimate of drug-likeness (QED) is 0.719. The standard InChI is InChI=1S/C18H30N2O3/c1-14(15-9-6-5-7-10-15)22-13-16(19)11-8-12-20-17(21)23-18(2,3)4/h5-7,9-10,14,16H,8,11-13,19H2,1-4H3,(H,20,21)/t14?,16-/m0/s1. The molecule has 1 aromatic rings. The van der Waals surface area contributed by atoms with E-state index in [1.807, 2.05) is 58.0 Å². The number of nitrogens with one attached hydrogen (secondary N) is 1. The molecule has 0 aliphatic heterocycles. The molecule has 0 aromatic heterocycles. The molecule has 1 rings (SSSR count). The van der Waals surface area contributed by atoms with E-state index >= 15 is 0 Å². The largest absolute Gasteiger partial charge is 0.444 e. The number of hydrogen-bond donors (Lipinski definition) is 2. The number of benzene rings is 1. The predicted molar refractivity (Wildman–Crippen MR) is 92.3 cm³/mol. The van der Waals surface area contributed by atoms with Crippen LogP contribution in [0.5, 0.6) is 0 Å². The van der Waals surface area contributed by atoms with E-state index in [-0.39, 0.29) is 18.2 Å². The molecule has 5 nitrogen and oxygen atoms in total. The first-order valence-corrected chi connectivity index (χ1v) is 8.17. The van der Waals surface area contributed by atoms with Crippen molar-refractivity contribution in [3.05, 3.63) is 35.9 Å². The zero-order chi connectivity index (χ0) is 17.3. The number of carbonyl (C=O) groups excluding carboxylic acids is 1. The maximum Gasteiger partial charge on any atom is 0.407 e. The number of amides is 1. The summed E-state index contributed by atoms with van der Waals surface area (Å²) in [6, 6.07) is 10.0. The molecule has 1 amide bonds. The summed E-state index contributed by atoms with van der Waals surface area (Å²) in [5, 5.41) is 2.73. The second-order valence-electron chi connectivity index (χ2n) is 6.72. The van der Waals surface area contributed by atoms with Crippen LogP contribution in [0.2, 0.25) is 0 Å². The van der Waals surface area contributed by atoms with Gasteiger partial charge in [-0.25, -0.2) is 4.79 Å². The lowest BCUT2D eigenvalue weighted by Crippen LogP contribution is -2.34. The van der Waals surface area contributed by atoms with Gasteiger partial charge in [-0.3, -0.25) is 0 Å². The molecule has 0 heterocycles. The Balaban J connectivity index is 2.13. The predicted octanol–water partition coefficient (Wildman–Crippen LogP) is 3.40. The third-order valence-corrected chi connectivity index (χ3v) is 3.25. The molecule has 3 N–H and O–H groups in total. The van der Waals surface area contributed by atoms with Gasteiger partial charge in [0.05, 0.1) is 12.7 Å². The minimum absolute atomic E-state index is 0.0298. The van der Waals surface area contributed by atoms with E-state index in [1.54, 1.807) is 0 Å². The molecule has 1 aromatic carbocycles. The lowest BCUT2D eigenvalue weighted by Gasteiger charge is -2.20. The minimum Gasteiger partial charge on any atom is -0.444 e. The lowest BCUT2D eigenvalue weighted by molar-refractivity contribution is 0.0511. The normalized spacial score (nSPS) is 14.1. The Bertz CT molecular complexity index is 457. The molecule has 0 aliphatic rings. The van der Waals surface area contributed by atoms with Gasteiger partial charge in [0.1, 0.15) is 5.60 Å². The van der Waals surface area contributed by atoms with E-state index in [9.17, 15) is 4.79 Å². The second kappa shape index (κ2) is 9.53. The molecule has 0 spiro atoms. The van der Waals surface area contributed by atoms with Gasteiger partial charge in [-0.05, 0) is 46.1 Å². The summed E-state index contributed by atoms with van der Waals surface area (Å²) in [4.78, 5) is 11.5. The lowest BCUT2D eigenvalue weighted by atomic mass is 10.1. The van der Waals surface area contributed by atoms with Crippen molar-refractivity contribution in [1.82, 2.24) is 5.32 Å². The van der Waals surface area contributed by atoms with Crippen LogP contribution in [0.1, 0.15) is 52.2 Å². The molecule has 0 saturated heterocycles. The first kappa shape index (κ1) is 19.5. The fourth-order valence-electron chi connectivity index (χ4n) is 2.04. The molecule has 23 heavy (non-hydrogen) atoms. The highest BCUT2D eigenvalue weighted by molar-refractivity contribution is 5.67. The van der Waals surface area contributed by atoms with E-state index in [0.717, 1.165) is 18.4 Å². The van der Waals surface area contributed by atoms with Crippen molar-refractivity contribution in [2.45, 2.75) is 58.3 Å². The molecular formula is C18H30N2O3. The van der Waals surface area contributed by atoms with Crippen molar-refractivity contribution in [2.24, 2.45) is 5.73 Å². The van der Waals surface area contributed by atoms with Crippen molar-refractivity contribution in [1.29, 1.82) is 0 Å². The summed E-state index contributed by atoms with van der Waals surface area (Å²) in [5.74, 6) is 0. The van der Waals surface area contributed by atoms with E-state index in [0.29, 0.717) is 13.2 Å². The average Bonchev–Trinajstić information content (AvgIpc) is 2.48. The average molecular weight is 322 g/mol. The first-order chi connectivity index (χ1) is 10.8. The first-order valence-electron chi connectivity index (χ1n) is 8.17. The highest BCUT2D eigenvalue weighted by atomic mass is 16.6. The molecule has 2 atom stereocenters. The van der Waals surface area contributed by atoms with Gasteiger partial charge in [-0.15, -0.1) is 0 Å². The molecule has 0 bridgehead atoms. The molecule has 5 heteroatoms. The highest BCUT2D eigenvalue weighted by Gasteiger charge is 2.15. The Labute approximate surface area is 139 Å². The van der Waals surface area contributed by atoms with Crippen LogP contribution >= 0.6 is 0 Å². The fourth-order valence-corrected chi connectivity index (χ4v) is 2.04. The van der Waals surface area contributed by atoms with Crippen LogP contribution in [0.4, 0.5) is 4.79 Å². The van der Waals surface area contributed by atoms with Gasteiger partial charge in [0.25, 0.3) is 0 Å². The third kappa shape index (κ3) is 9.21. The van der Waals surface area contributed by atoms with Crippen LogP contribution in [0, 0.1) is 0 Å². The summed E-state index contributed by atoms with van der Waals surface area (Å²) in [7, 11) is 0. The number of nitrogens with two attached hydrogens (primary N) is 1. The molecule has 0 saturated carbocycles. The zero-order valence-corrected chi connectivity index (χ0v) is 14.7. The number of ether oxygens (including phenoxy) is 2. The summed E-state index contributed by atoms with van der Waals surface area (Å²) < 4.78 is 11.0. The van der Waals surface area contributed by atoms with Crippen LogP contribution in [-0.2, 0) is 9.47 Å². The SMILES string of the molecule is CC(OC[C@@H](N)CCCNC(=O)OC(C)(C)C)c1ccccc1. The number of carbonyl (C=O) groups is 1. The third-order valence-electron chi connectivity index (χ3n) is 3.25. The number of alkyl carbamates (subject to hydrolysis) is 1. The van der Waals surface area contributed by atoms with Crippen LogP contribution in [0.15, 0.2) is 30.3 Å². The van der Waals surface area contributed by atoms with Crippen LogP contribution in [0.25, 0.3) is 0 Å². The van der Waals surface area contributed by atoms with E-state index in [4.69, 9.17) is 15.2 Å². The molecule has 0 radical (unpaired) electrons. The van der Waals surface area contributed by atoms with Crippen LogP contribution in [-0.4, -0.2) is 30.9 Å². The molecule has 1 unspecified atom stereocenters. The van der Waals surface area contributed by atoms with Gasteiger partial charge in [-0.1, -0.05) is 30.3 Å². The van der Waals surface area contributed by atoms with Crippen molar-refractivity contribution < 1.29 is 14.3 Å². The Hall–Kier alpha value is -1.59. The van der Waals surface area contributed by atoms with E-state index in [2.05, 4.69) is 5.32 Å². The number of hydrogen-bond acceptors (Lipinski definition) is 4. The fraction of sp³-hybridized carbons (Fsp3) is 0.611. The molecular weight excluding hydrogens is 292 g/mol. The topological polar surface area (TPSA) is 73.6 Å². The number of rotatable bonds is 8. The summed E-state index contributed by atoms with van der Waals surface area (Å²) in [5.41, 5.74) is 6.72.